The number of nitrogens with one attached hydrogen (secondary N) is 1. The zero-order valence-corrected chi connectivity index (χ0v) is 16.3. The SMILES string of the molecule is CC(C)C(=O)N1CCc2ccc(NC(=O)c3ccc([N+](=O)[O-])cc3Cl)cc2C1. The van der Waals surface area contributed by atoms with Gasteiger partial charge in [-0.25, -0.2) is 0 Å². The van der Waals surface area contributed by atoms with Crippen molar-refractivity contribution in [2.75, 3.05) is 11.9 Å². The molecule has 1 aliphatic heterocycles. The summed E-state index contributed by atoms with van der Waals surface area (Å²) in [4.78, 5) is 36.8. The van der Waals surface area contributed by atoms with Crippen molar-refractivity contribution in [2.24, 2.45) is 5.92 Å². The fraction of sp³-hybridized carbons (Fsp3) is 0.300. The summed E-state index contributed by atoms with van der Waals surface area (Å²) in [6.45, 7) is 4.95. The van der Waals surface area contributed by atoms with E-state index in [2.05, 4.69) is 5.32 Å². The van der Waals surface area contributed by atoms with Gasteiger partial charge in [0.2, 0.25) is 5.91 Å². The van der Waals surface area contributed by atoms with Gasteiger partial charge in [0, 0.05) is 36.8 Å². The van der Waals surface area contributed by atoms with Crippen LogP contribution >= 0.6 is 11.6 Å². The highest BCUT2D eigenvalue weighted by Crippen LogP contribution is 2.26. The number of anilines is 1. The van der Waals surface area contributed by atoms with E-state index in [-0.39, 0.29) is 28.1 Å². The van der Waals surface area contributed by atoms with Crippen molar-refractivity contribution in [3.63, 3.8) is 0 Å². The van der Waals surface area contributed by atoms with Crippen molar-refractivity contribution in [3.05, 3.63) is 68.2 Å². The van der Waals surface area contributed by atoms with Gasteiger partial charge in [0.05, 0.1) is 15.5 Å². The molecule has 0 aromatic heterocycles. The second kappa shape index (κ2) is 7.98. The topological polar surface area (TPSA) is 92.6 Å². The Morgan fingerprint density at radius 1 is 1.18 bits per heavy atom. The Bertz CT molecular complexity index is 958. The van der Waals surface area contributed by atoms with Crippen LogP contribution in [-0.4, -0.2) is 28.2 Å². The molecule has 0 saturated carbocycles. The number of benzene rings is 2. The van der Waals surface area contributed by atoms with Gasteiger partial charge >= 0.3 is 0 Å². The van der Waals surface area contributed by atoms with Gasteiger partial charge in [-0.2, -0.15) is 0 Å². The molecule has 0 aliphatic carbocycles. The highest BCUT2D eigenvalue weighted by molar-refractivity contribution is 6.34. The Balaban J connectivity index is 1.77. The van der Waals surface area contributed by atoms with Crippen LogP contribution in [-0.2, 0) is 17.8 Å². The molecule has 0 radical (unpaired) electrons. The maximum Gasteiger partial charge on any atom is 0.270 e. The molecule has 0 bridgehead atoms. The molecule has 146 valence electrons. The lowest BCUT2D eigenvalue weighted by atomic mass is 9.98. The van der Waals surface area contributed by atoms with Gasteiger partial charge in [-0.1, -0.05) is 31.5 Å². The number of nitrogens with zero attached hydrogens (tertiary/aromatic N) is 2. The first kappa shape index (κ1) is 19.8. The number of hydrogen-bond acceptors (Lipinski definition) is 4. The molecule has 8 heteroatoms. The minimum atomic E-state index is -0.568. The summed E-state index contributed by atoms with van der Waals surface area (Å²) >= 11 is 6.02. The molecule has 0 fully saturated rings. The van der Waals surface area contributed by atoms with E-state index in [4.69, 9.17) is 11.6 Å². The van der Waals surface area contributed by atoms with Crippen molar-refractivity contribution in [2.45, 2.75) is 26.8 Å². The van der Waals surface area contributed by atoms with Gasteiger partial charge in [0.15, 0.2) is 0 Å². The number of nitro benzene ring substituents is 1. The Morgan fingerprint density at radius 3 is 2.57 bits per heavy atom. The molecule has 7 nitrogen and oxygen atoms in total. The van der Waals surface area contributed by atoms with Crippen LogP contribution in [0.25, 0.3) is 0 Å². The monoisotopic (exact) mass is 401 g/mol. The minimum Gasteiger partial charge on any atom is -0.338 e. The third-order valence-electron chi connectivity index (χ3n) is 4.69. The van der Waals surface area contributed by atoms with E-state index in [0.717, 1.165) is 23.6 Å². The Morgan fingerprint density at radius 2 is 1.93 bits per heavy atom. The lowest BCUT2D eigenvalue weighted by molar-refractivity contribution is -0.384. The summed E-state index contributed by atoms with van der Waals surface area (Å²) < 4.78 is 0. The van der Waals surface area contributed by atoms with Gasteiger partial charge < -0.3 is 10.2 Å². The van der Waals surface area contributed by atoms with Gasteiger partial charge in [0.1, 0.15) is 0 Å². The minimum absolute atomic E-state index is 0.0124. The number of halogens is 1. The van der Waals surface area contributed by atoms with Gasteiger partial charge in [-0.15, -0.1) is 0 Å². The van der Waals surface area contributed by atoms with E-state index in [1.54, 1.807) is 6.07 Å². The van der Waals surface area contributed by atoms with E-state index in [1.165, 1.54) is 12.1 Å². The van der Waals surface area contributed by atoms with E-state index in [0.29, 0.717) is 18.8 Å². The summed E-state index contributed by atoms with van der Waals surface area (Å²) in [5, 5.41) is 13.6. The van der Waals surface area contributed by atoms with Crippen LogP contribution in [0.5, 0.6) is 0 Å². The molecular formula is C20H20ClN3O4. The van der Waals surface area contributed by atoms with Crippen LogP contribution < -0.4 is 5.32 Å². The first-order valence-corrected chi connectivity index (χ1v) is 9.30. The summed E-state index contributed by atoms with van der Waals surface area (Å²) in [5.74, 6) is -0.405. The summed E-state index contributed by atoms with van der Waals surface area (Å²) in [5.41, 5.74) is 2.70. The summed E-state index contributed by atoms with van der Waals surface area (Å²) in [6.07, 6.45) is 0.774. The van der Waals surface area contributed by atoms with E-state index in [9.17, 15) is 19.7 Å². The molecule has 2 amide bonds. The summed E-state index contributed by atoms with van der Waals surface area (Å²) in [7, 11) is 0. The van der Waals surface area contributed by atoms with Crippen molar-refractivity contribution >= 4 is 34.8 Å². The number of amides is 2. The highest BCUT2D eigenvalue weighted by Gasteiger charge is 2.23. The second-order valence-electron chi connectivity index (χ2n) is 7.02. The van der Waals surface area contributed by atoms with Gasteiger partial charge in [-0.05, 0) is 35.7 Å². The summed E-state index contributed by atoms with van der Waals surface area (Å²) in [6, 6.07) is 9.32. The third kappa shape index (κ3) is 4.14. The van der Waals surface area contributed by atoms with Crippen molar-refractivity contribution in [1.29, 1.82) is 0 Å². The Hall–Kier alpha value is -2.93. The average Bonchev–Trinajstić information content (AvgIpc) is 2.66. The molecule has 28 heavy (non-hydrogen) atoms. The largest absolute Gasteiger partial charge is 0.338 e. The molecule has 0 saturated heterocycles. The van der Waals surface area contributed by atoms with E-state index >= 15 is 0 Å². The lowest BCUT2D eigenvalue weighted by Gasteiger charge is -2.30. The maximum atomic E-state index is 12.5. The zero-order chi connectivity index (χ0) is 20.4. The third-order valence-corrected chi connectivity index (χ3v) is 5.00. The van der Waals surface area contributed by atoms with E-state index in [1.807, 2.05) is 30.9 Å². The van der Waals surface area contributed by atoms with Crippen LogP contribution in [0, 0.1) is 16.0 Å². The Labute approximate surface area is 167 Å². The molecule has 0 atom stereocenters. The maximum absolute atomic E-state index is 12.5. The first-order valence-electron chi connectivity index (χ1n) is 8.92. The van der Waals surface area contributed by atoms with Crippen LogP contribution in [0.2, 0.25) is 5.02 Å². The highest BCUT2D eigenvalue weighted by atomic mass is 35.5. The van der Waals surface area contributed by atoms with Gasteiger partial charge in [-0.3, -0.25) is 19.7 Å². The average molecular weight is 402 g/mol. The number of carbonyl (C=O) groups excluding carboxylic acids is 2. The predicted molar refractivity (Wildman–Crippen MR) is 106 cm³/mol. The molecule has 2 aromatic carbocycles. The number of hydrogen-bond donors (Lipinski definition) is 1. The number of rotatable bonds is 4. The lowest BCUT2D eigenvalue weighted by Crippen LogP contribution is -2.38. The molecule has 1 N–H and O–H groups in total. The zero-order valence-electron chi connectivity index (χ0n) is 15.6. The van der Waals surface area contributed by atoms with Crippen LogP contribution in [0.1, 0.15) is 35.3 Å². The standard InChI is InChI=1S/C20H20ClN3O4/c1-12(2)20(26)23-8-7-13-3-4-15(9-14(13)11-23)22-19(25)17-6-5-16(24(27)28)10-18(17)21/h3-6,9-10,12H,7-8,11H2,1-2H3,(H,22,25). The number of non-ortho nitro benzene ring substituents is 1. The second-order valence-corrected chi connectivity index (χ2v) is 7.43. The fourth-order valence-electron chi connectivity index (χ4n) is 3.19. The molecule has 2 aromatic rings. The number of fused-ring (bicyclic) bond motifs is 1. The normalized spacial score (nSPS) is 13.2. The van der Waals surface area contributed by atoms with Crippen LogP contribution in [0.3, 0.4) is 0 Å². The number of carbonyl (C=O) groups is 2. The van der Waals surface area contributed by atoms with Gasteiger partial charge in [0.25, 0.3) is 11.6 Å². The van der Waals surface area contributed by atoms with Crippen molar-refractivity contribution in [1.82, 2.24) is 4.90 Å². The van der Waals surface area contributed by atoms with E-state index < -0.39 is 10.8 Å². The predicted octanol–water partition coefficient (Wildman–Crippen LogP) is 4.04. The fourth-order valence-corrected chi connectivity index (χ4v) is 3.45. The van der Waals surface area contributed by atoms with Crippen molar-refractivity contribution in [3.8, 4) is 0 Å². The Kier molecular flexibility index (Phi) is 5.65. The molecule has 0 unspecified atom stereocenters. The molecular weight excluding hydrogens is 382 g/mol. The smallest absolute Gasteiger partial charge is 0.270 e. The van der Waals surface area contributed by atoms with Crippen LogP contribution in [0.4, 0.5) is 11.4 Å². The van der Waals surface area contributed by atoms with Crippen LogP contribution in [0.15, 0.2) is 36.4 Å². The molecule has 3 rings (SSSR count). The quantitative estimate of drug-likeness (QED) is 0.618. The molecule has 1 heterocycles. The number of nitro groups is 1. The molecule has 1 aliphatic rings. The first-order chi connectivity index (χ1) is 13.3. The molecule has 0 spiro atoms. The van der Waals surface area contributed by atoms with Crippen molar-refractivity contribution < 1.29 is 14.5 Å².